The second kappa shape index (κ2) is 9.82. The monoisotopic (exact) mass is 427 g/mol. The summed E-state index contributed by atoms with van der Waals surface area (Å²) in [7, 11) is 0. The van der Waals surface area contributed by atoms with Gasteiger partial charge in [-0.3, -0.25) is 19.7 Å². The highest BCUT2D eigenvalue weighted by atomic mass is 16.4. The first-order valence-electron chi connectivity index (χ1n) is 9.44. The Kier molecular flexibility index (Phi) is 6.73. The number of nitrogens with one attached hydrogen (secondary N) is 2. The second-order valence-electron chi connectivity index (χ2n) is 6.73. The molecule has 3 N–H and O–H groups in total. The number of Topliss-reactive ketones (excluding diaryl/α,β-unsaturated/α-hetero) is 1. The van der Waals surface area contributed by atoms with Crippen molar-refractivity contribution in [2.24, 2.45) is 0 Å². The lowest BCUT2D eigenvalue weighted by atomic mass is 10.0. The van der Waals surface area contributed by atoms with Crippen molar-refractivity contribution in [3.8, 4) is 6.07 Å². The van der Waals surface area contributed by atoms with Gasteiger partial charge in [0.25, 0.3) is 0 Å². The van der Waals surface area contributed by atoms with Gasteiger partial charge in [0.2, 0.25) is 5.91 Å². The van der Waals surface area contributed by atoms with E-state index in [1.807, 2.05) is 6.07 Å². The van der Waals surface area contributed by atoms with E-state index in [1.54, 1.807) is 30.3 Å². The molecule has 3 rings (SSSR count). The first-order chi connectivity index (χ1) is 15.4. The van der Waals surface area contributed by atoms with Crippen molar-refractivity contribution in [1.29, 1.82) is 5.26 Å². The van der Waals surface area contributed by atoms with Gasteiger partial charge >= 0.3 is 6.09 Å². The first-order valence-corrected chi connectivity index (χ1v) is 9.44. The van der Waals surface area contributed by atoms with Gasteiger partial charge in [-0.1, -0.05) is 42.5 Å². The highest BCUT2D eigenvalue weighted by molar-refractivity contribution is 6.13. The summed E-state index contributed by atoms with van der Waals surface area (Å²) in [6.45, 7) is 0. The van der Waals surface area contributed by atoms with Gasteiger partial charge in [0, 0.05) is 16.7 Å². The van der Waals surface area contributed by atoms with E-state index in [1.165, 1.54) is 42.5 Å². The molecule has 0 spiro atoms. The predicted molar refractivity (Wildman–Crippen MR) is 117 cm³/mol. The number of benzene rings is 3. The van der Waals surface area contributed by atoms with Crippen molar-refractivity contribution >= 4 is 34.9 Å². The molecule has 0 atom stereocenters. The summed E-state index contributed by atoms with van der Waals surface area (Å²) in [5.74, 6) is -1.52. The van der Waals surface area contributed by atoms with Crippen molar-refractivity contribution in [3.63, 3.8) is 0 Å². The van der Waals surface area contributed by atoms with Crippen LogP contribution in [0.3, 0.4) is 0 Å². The van der Waals surface area contributed by atoms with Crippen molar-refractivity contribution in [1.82, 2.24) is 0 Å². The number of ketones is 2. The van der Waals surface area contributed by atoms with Gasteiger partial charge < -0.3 is 10.4 Å². The van der Waals surface area contributed by atoms with Crippen LogP contribution in [0.2, 0.25) is 0 Å². The zero-order valence-corrected chi connectivity index (χ0v) is 16.7. The summed E-state index contributed by atoms with van der Waals surface area (Å²) >= 11 is 0. The van der Waals surface area contributed by atoms with Crippen LogP contribution in [0.5, 0.6) is 0 Å². The standard InChI is InChI=1S/C24H17N3O5/c25-14-15-5-4-8-17(11-15)21(28)13-22(29)26-20-12-18(9-10-19(20)27-24(31)32)23(30)16-6-2-1-3-7-16/h1-12,27H,13H2,(H,26,29)(H,31,32). The molecule has 158 valence electrons. The molecule has 0 aromatic heterocycles. The molecule has 2 amide bonds. The number of hydrogen-bond donors (Lipinski definition) is 3. The summed E-state index contributed by atoms with van der Waals surface area (Å²) in [5, 5.41) is 22.7. The number of anilines is 2. The Morgan fingerprint density at radius 3 is 2.19 bits per heavy atom. The van der Waals surface area contributed by atoms with Crippen LogP contribution >= 0.6 is 0 Å². The molecule has 0 heterocycles. The predicted octanol–water partition coefficient (Wildman–Crippen LogP) is 4.09. The van der Waals surface area contributed by atoms with Crippen molar-refractivity contribution in [2.75, 3.05) is 10.6 Å². The van der Waals surface area contributed by atoms with Crippen LogP contribution in [-0.2, 0) is 4.79 Å². The van der Waals surface area contributed by atoms with Gasteiger partial charge in [-0.05, 0) is 30.3 Å². The molecule has 0 aliphatic carbocycles. The van der Waals surface area contributed by atoms with Gasteiger partial charge in [0.15, 0.2) is 11.6 Å². The molecule has 0 aliphatic rings. The van der Waals surface area contributed by atoms with E-state index in [-0.39, 0.29) is 33.8 Å². The lowest BCUT2D eigenvalue weighted by Crippen LogP contribution is -2.19. The average molecular weight is 427 g/mol. The highest BCUT2D eigenvalue weighted by Crippen LogP contribution is 2.25. The molecule has 8 heteroatoms. The van der Waals surface area contributed by atoms with Crippen LogP contribution in [0.15, 0.2) is 72.8 Å². The molecule has 3 aromatic rings. The molecule has 0 aliphatic heterocycles. The Hall–Kier alpha value is -4.77. The first kappa shape index (κ1) is 21.9. The van der Waals surface area contributed by atoms with Crippen LogP contribution < -0.4 is 10.6 Å². The third kappa shape index (κ3) is 5.43. The highest BCUT2D eigenvalue weighted by Gasteiger charge is 2.17. The van der Waals surface area contributed by atoms with Crippen LogP contribution in [0.1, 0.15) is 38.3 Å². The average Bonchev–Trinajstić information content (AvgIpc) is 2.80. The van der Waals surface area contributed by atoms with E-state index >= 15 is 0 Å². The van der Waals surface area contributed by atoms with E-state index in [0.717, 1.165) is 0 Å². The van der Waals surface area contributed by atoms with Crippen LogP contribution in [0.25, 0.3) is 0 Å². The fourth-order valence-corrected chi connectivity index (χ4v) is 2.97. The lowest BCUT2D eigenvalue weighted by Gasteiger charge is -2.13. The maximum Gasteiger partial charge on any atom is 0.409 e. The fraction of sp³-hybridized carbons (Fsp3) is 0.0417. The van der Waals surface area contributed by atoms with Gasteiger partial charge in [-0.15, -0.1) is 0 Å². The molecule has 0 saturated carbocycles. The molecular weight excluding hydrogens is 410 g/mol. The molecule has 0 saturated heterocycles. The lowest BCUT2D eigenvalue weighted by molar-refractivity contribution is -0.115. The Morgan fingerprint density at radius 2 is 1.50 bits per heavy atom. The van der Waals surface area contributed by atoms with E-state index in [2.05, 4.69) is 10.6 Å². The minimum Gasteiger partial charge on any atom is -0.465 e. The van der Waals surface area contributed by atoms with Crippen molar-refractivity contribution in [2.45, 2.75) is 6.42 Å². The van der Waals surface area contributed by atoms with Crippen molar-refractivity contribution in [3.05, 3.63) is 95.1 Å². The molecular formula is C24H17N3O5. The topological polar surface area (TPSA) is 136 Å². The third-order valence-corrected chi connectivity index (χ3v) is 4.47. The zero-order valence-electron chi connectivity index (χ0n) is 16.7. The summed E-state index contributed by atoms with van der Waals surface area (Å²) in [4.78, 5) is 48.7. The molecule has 8 nitrogen and oxygen atoms in total. The van der Waals surface area contributed by atoms with Gasteiger partial charge in [-0.2, -0.15) is 5.26 Å². The Labute approximate surface area is 183 Å². The minimum atomic E-state index is -1.35. The summed E-state index contributed by atoms with van der Waals surface area (Å²) in [6.07, 6.45) is -1.88. The molecule has 0 unspecified atom stereocenters. The maximum absolute atomic E-state index is 12.7. The Balaban J connectivity index is 1.83. The van der Waals surface area contributed by atoms with E-state index in [0.29, 0.717) is 5.56 Å². The number of carbonyl (C=O) groups is 4. The van der Waals surface area contributed by atoms with E-state index in [4.69, 9.17) is 10.4 Å². The summed E-state index contributed by atoms with van der Waals surface area (Å²) in [5.41, 5.74) is 1.24. The molecule has 3 aromatic carbocycles. The molecule has 0 fully saturated rings. The summed E-state index contributed by atoms with van der Waals surface area (Å²) in [6, 6.07) is 20.5. The smallest absolute Gasteiger partial charge is 0.409 e. The number of nitrogens with zero attached hydrogens (tertiary/aromatic N) is 1. The van der Waals surface area contributed by atoms with Crippen LogP contribution in [0, 0.1) is 11.3 Å². The van der Waals surface area contributed by atoms with Crippen LogP contribution in [0.4, 0.5) is 16.2 Å². The Morgan fingerprint density at radius 1 is 0.781 bits per heavy atom. The number of rotatable bonds is 7. The van der Waals surface area contributed by atoms with Gasteiger partial charge in [-0.25, -0.2) is 4.79 Å². The molecule has 32 heavy (non-hydrogen) atoms. The SMILES string of the molecule is N#Cc1cccc(C(=O)CC(=O)Nc2cc(C(=O)c3ccccc3)ccc2NC(=O)O)c1. The number of nitriles is 1. The molecule has 0 radical (unpaired) electrons. The fourth-order valence-electron chi connectivity index (χ4n) is 2.97. The largest absolute Gasteiger partial charge is 0.465 e. The van der Waals surface area contributed by atoms with Gasteiger partial charge in [0.05, 0.1) is 29.4 Å². The van der Waals surface area contributed by atoms with Gasteiger partial charge in [0.1, 0.15) is 0 Å². The Bertz CT molecular complexity index is 1250. The summed E-state index contributed by atoms with van der Waals surface area (Å²) < 4.78 is 0. The number of carbonyl (C=O) groups excluding carboxylic acids is 3. The second-order valence-corrected chi connectivity index (χ2v) is 6.73. The molecule has 0 bridgehead atoms. The number of hydrogen-bond acceptors (Lipinski definition) is 5. The van der Waals surface area contributed by atoms with Crippen LogP contribution in [-0.4, -0.2) is 28.7 Å². The quantitative estimate of drug-likeness (QED) is 0.384. The van der Waals surface area contributed by atoms with E-state index < -0.39 is 24.2 Å². The van der Waals surface area contributed by atoms with Crippen molar-refractivity contribution < 1.29 is 24.3 Å². The normalized spacial score (nSPS) is 9.97. The number of amides is 2. The maximum atomic E-state index is 12.7. The zero-order chi connectivity index (χ0) is 23.1. The van der Waals surface area contributed by atoms with E-state index in [9.17, 15) is 19.2 Å². The number of carboxylic acid groups (broad SMARTS) is 1. The minimum absolute atomic E-state index is 0.0396. The third-order valence-electron chi connectivity index (χ3n) is 4.47.